The molecule has 0 aliphatic heterocycles. The lowest BCUT2D eigenvalue weighted by Gasteiger charge is -2.24. The maximum atomic E-state index is 5.41. The van der Waals surface area contributed by atoms with E-state index in [0.717, 1.165) is 24.6 Å². The van der Waals surface area contributed by atoms with Gasteiger partial charge < -0.3 is 14.8 Å². The van der Waals surface area contributed by atoms with Crippen molar-refractivity contribution in [3.63, 3.8) is 0 Å². The van der Waals surface area contributed by atoms with Crippen LogP contribution in [0.25, 0.3) is 0 Å². The Morgan fingerprint density at radius 2 is 1.76 bits per heavy atom. The van der Waals surface area contributed by atoms with Crippen LogP contribution in [-0.2, 0) is 6.54 Å². The van der Waals surface area contributed by atoms with E-state index in [0.29, 0.717) is 5.41 Å². The zero-order valence-corrected chi connectivity index (χ0v) is 14.4. The Bertz CT molecular complexity index is 470. The van der Waals surface area contributed by atoms with E-state index in [2.05, 4.69) is 30.6 Å². The van der Waals surface area contributed by atoms with Crippen LogP contribution < -0.4 is 14.8 Å². The summed E-state index contributed by atoms with van der Waals surface area (Å²) < 4.78 is 10.8. The predicted octanol–water partition coefficient (Wildman–Crippen LogP) is 4.10. The molecule has 4 heteroatoms. The molecule has 0 atom stereocenters. The lowest BCUT2D eigenvalue weighted by atomic mass is 9.89. The fourth-order valence-electron chi connectivity index (χ4n) is 3.13. The number of rotatable bonds is 7. The molecule has 21 heavy (non-hydrogen) atoms. The van der Waals surface area contributed by atoms with Crippen molar-refractivity contribution in [3.05, 3.63) is 17.7 Å². The van der Waals surface area contributed by atoms with Crippen molar-refractivity contribution in [3.8, 4) is 11.5 Å². The minimum absolute atomic E-state index is 0.482. The highest BCUT2D eigenvalue weighted by molar-refractivity contribution is 7.98. The highest BCUT2D eigenvalue weighted by atomic mass is 32.2. The van der Waals surface area contributed by atoms with E-state index in [1.54, 1.807) is 26.0 Å². The third kappa shape index (κ3) is 4.07. The standard InChI is InChI=1S/C17H27NO2S/c1-17(7-5-6-8-17)12-18-11-13-9-14(19-2)15(20-3)10-16(13)21-4/h9-10,18H,5-8,11-12H2,1-4H3. The monoisotopic (exact) mass is 309 g/mol. The van der Waals surface area contributed by atoms with Gasteiger partial charge in [0.25, 0.3) is 0 Å². The van der Waals surface area contributed by atoms with Gasteiger partial charge in [0.15, 0.2) is 11.5 Å². The van der Waals surface area contributed by atoms with E-state index < -0.39 is 0 Å². The highest BCUT2D eigenvalue weighted by Crippen LogP contribution is 2.37. The van der Waals surface area contributed by atoms with Gasteiger partial charge >= 0.3 is 0 Å². The number of methoxy groups -OCH3 is 2. The van der Waals surface area contributed by atoms with Gasteiger partial charge in [0.1, 0.15) is 0 Å². The fourth-order valence-corrected chi connectivity index (χ4v) is 3.75. The predicted molar refractivity (Wildman–Crippen MR) is 89.6 cm³/mol. The van der Waals surface area contributed by atoms with Crippen LogP contribution in [0.3, 0.4) is 0 Å². The second kappa shape index (κ2) is 7.41. The van der Waals surface area contributed by atoms with Crippen LogP contribution in [0.4, 0.5) is 0 Å². The number of hydrogen-bond donors (Lipinski definition) is 1. The summed E-state index contributed by atoms with van der Waals surface area (Å²) in [6.07, 6.45) is 7.56. The van der Waals surface area contributed by atoms with Crippen LogP contribution in [0, 0.1) is 5.41 Å². The average molecular weight is 309 g/mol. The van der Waals surface area contributed by atoms with E-state index >= 15 is 0 Å². The fraction of sp³-hybridized carbons (Fsp3) is 0.647. The van der Waals surface area contributed by atoms with Crippen molar-refractivity contribution in [1.82, 2.24) is 5.32 Å². The maximum absolute atomic E-state index is 5.41. The van der Waals surface area contributed by atoms with Crippen LogP contribution in [-0.4, -0.2) is 27.0 Å². The summed E-state index contributed by atoms with van der Waals surface area (Å²) in [6.45, 7) is 4.37. The van der Waals surface area contributed by atoms with Crippen molar-refractivity contribution in [2.75, 3.05) is 27.0 Å². The summed E-state index contributed by atoms with van der Waals surface area (Å²) in [7, 11) is 3.37. The normalized spacial score (nSPS) is 17.0. The molecule has 1 aromatic carbocycles. The first kappa shape index (κ1) is 16.5. The zero-order valence-electron chi connectivity index (χ0n) is 13.6. The second-order valence-corrected chi connectivity index (χ2v) is 6.99. The third-order valence-electron chi connectivity index (χ3n) is 4.46. The highest BCUT2D eigenvalue weighted by Gasteiger charge is 2.27. The molecule has 1 N–H and O–H groups in total. The summed E-state index contributed by atoms with van der Waals surface area (Å²) in [6, 6.07) is 4.16. The number of thioether (sulfide) groups is 1. The van der Waals surface area contributed by atoms with Gasteiger partial charge in [-0.15, -0.1) is 11.8 Å². The van der Waals surface area contributed by atoms with Crippen LogP contribution in [0.5, 0.6) is 11.5 Å². The Labute approximate surface area is 132 Å². The molecule has 0 aromatic heterocycles. The Morgan fingerprint density at radius 1 is 1.14 bits per heavy atom. The Hall–Kier alpha value is -0.870. The molecular weight excluding hydrogens is 282 g/mol. The molecule has 0 spiro atoms. The van der Waals surface area contributed by atoms with E-state index in [1.165, 1.54) is 36.1 Å². The third-order valence-corrected chi connectivity index (χ3v) is 5.28. The molecule has 0 unspecified atom stereocenters. The quantitative estimate of drug-likeness (QED) is 0.768. The number of hydrogen-bond acceptors (Lipinski definition) is 4. The van der Waals surface area contributed by atoms with Gasteiger partial charge in [-0.05, 0) is 42.2 Å². The molecule has 118 valence electrons. The number of benzene rings is 1. The molecule has 0 amide bonds. The molecule has 0 radical (unpaired) electrons. The van der Waals surface area contributed by atoms with Gasteiger partial charge in [0.2, 0.25) is 0 Å². The molecule has 0 saturated heterocycles. The van der Waals surface area contributed by atoms with E-state index in [9.17, 15) is 0 Å². The second-order valence-electron chi connectivity index (χ2n) is 6.14. The van der Waals surface area contributed by atoms with Gasteiger partial charge in [0.05, 0.1) is 14.2 Å². The van der Waals surface area contributed by atoms with E-state index in [-0.39, 0.29) is 0 Å². The lowest BCUT2D eigenvalue weighted by molar-refractivity contribution is 0.314. The van der Waals surface area contributed by atoms with Gasteiger partial charge in [-0.2, -0.15) is 0 Å². The largest absolute Gasteiger partial charge is 0.493 e. The van der Waals surface area contributed by atoms with Crippen LogP contribution in [0.2, 0.25) is 0 Å². The molecule has 3 nitrogen and oxygen atoms in total. The summed E-state index contributed by atoms with van der Waals surface area (Å²) in [5, 5.41) is 3.64. The number of ether oxygens (including phenoxy) is 2. The summed E-state index contributed by atoms with van der Waals surface area (Å²) in [5.74, 6) is 1.60. The van der Waals surface area contributed by atoms with Crippen molar-refractivity contribution < 1.29 is 9.47 Å². The minimum Gasteiger partial charge on any atom is -0.493 e. The van der Waals surface area contributed by atoms with E-state index in [4.69, 9.17) is 9.47 Å². The molecule has 1 fully saturated rings. The first-order valence-corrected chi connectivity index (χ1v) is 8.84. The molecule has 0 heterocycles. The maximum Gasteiger partial charge on any atom is 0.161 e. The average Bonchev–Trinajstić information content (AvgIpc) is 2.93. The van der Waals surface area contributed by atoms with Crippen molar-refractivity contribution >= 4 is 11.8 Å². The topological polar surface area (TPSA) is 30.5 Å². The van der Waals surface area contributed by atoms with Gasteiger partial charge in [-0.25, -0.2) is 0 Å². The number of nitrogens with one attached hydrogen (secondary N) is 1. The van der Waals surface area contributed by atoms with Crippen molar-refractivity contribution in [2.24, 2.45) is 5.41 Å². The van der Waals surface area contributed by atoms with Crippen molar-refractivity contribution in [1.29, 1.82) is 0 Å². The lowest BCUT2D eigenvalue weighted by Crippen LogP contribution is -2.29. The minimum atomic E-state index is 0.482. The van der Waals surface area contributed by atoms with Gasteiger partial charge in [-0.1, -0.05) is 19.8 Å². The molecule has 1 aliphatic carbocycles. The molecule has 1 aromatic rings. The van der Waals surface area contributed by atoms with E-state index in [1.807, 2.05) is 0 Å². The van der Waals surface area contributed by atoms with Gasteiger partial charge in [-0.3, -0.25) is 0 Å². The zero-order chi connectivity index (χ0) is 15.3. The van der Waals surface area contributed by atoms with Crippen LogP contribution in [0.15, 0.2) is 17.0 Å². The molecule has 0 bridgehead atoms. The summed E-state index contributed by atoms with van der Waals surface area (Å²) >= 11 is 1.75. The Morgan fingerprint density at radius 3 is 2.33 bits per heavy atom. The van der Waals surface area contributed by atoms with Crippen LogP contribution in [0.1, 0.15) is 38.2 Å². The smallest absolute Gasteiger partial charge is 0.161 e. The molecule has 1 aliphatic rings. The van der Waals surface area contributed by atoms with Crippen molar-refractivity contribution in [2.45, 2.75) is 44.0 Å². The molecular formula is C17H27NO2S. The van der Waals surface area contributed by atoms with Crippen LogP contribution >= 0.6 is 11.8 Å². The Kier molecular flexibility index (Phi) is 5.82. The molecule has 1 saturated carbocycles. The first-order valence-electron chi connectivity index (χ1n) is 7.61. The molecule has 2 rings (SSSR count). The van der Waals surface area contributed by atoms with Gasteiger partial charge in [0, 0.05) is 18.0 Å². The first-order chi connectivity index (χ1) is 10.1. The summed E-state index contributed by atoms with van der Waals surface area (Å²) in [4.78, 5) is 1.25. The SMILES string of the molecule is COc1cc(CNCC2(C)CCCC2)c(SC)cc1OC. The Balaban J connectivity index is 2.04. The summed E-state index contributed by atoms with van der Waals surface area (Å²) in [5.41, 5.74) is 1.76.